The van der Waals surface area contributed by atoms with Gasteiger partial charge in [-0.05, 0) is 53.6 Å². The van der Waals surface area contributed by atoms with E-state index in [2.05, 4.69) is 20.8 Å². The van der Waals surface area contributed by atoms with Crippen LogP contribution in [0.25, 0.3) is 10.8 Å². The van der Waals surface area contributed by atoms with Crippen molar-refractivity contribution in [3.63, 3.8) is 0 Å². The van der Waals surface area contributed by atoms with E-state index in [1.165, 1.54) is 12.3 Å². The minimum absolute atomic E-state index is 0.117. The van der Waals surface area contributed by atoms with Crippen molar-refractivity contribution >= 4 is 34.0 Å². The van der Waals surface area contributed by atoms with E-state index in [9.17, 15) is 14.7 Å². The molecule has 1 aromatic heterocycles. The van der Waals surface area contributed by atoms with Gasteiger partial charge in [-0.25, -0.2) is 5.43 Å². The second-order valence-electron chi connectivity index (χ2n) is 7.10. The van der Waals surface area contributed by atoms with Crippen LogP contribution in [0.3, 0.4) is 0 Å². The molecule has 0 spiro atoms. The van der Waals surface area contributed by atoms with Gasteiger partial charge in [-0.3, -0.25) is 14.6 Å². The molecular weight excluding hydrogens is 404 g/mol. The van der Waals surface area contributed by atoms with Crippen molar-refractivity contribution < 1.29 is 14.7 Å². The Kier molecular flexibility index (Phi) is 5.89. The highest BCUT2D eigenvalue weighted by atomic mass is 16.3. The third-order valence-electron chi connectivity index (χ3n) is 4.92. The molecular formula is C25H20N4O3. The summed E-state index contributed by atoms with van der Waals surface area (Å²) in [5, 5.41) is 18.7. The number of carbonyl (C=O) groups excluding carboxylic acids is 2. The van der Waals surface area contributed by atoms with E-state index in [0.29, 0.717) is 22.3 Å². The number of fused-ring (bicyclic) bond motifs is 1. The zero-order chi connectivity index (χ0) is 22.5. The minimum Gasteiger partial charge on any atom is -0.507 e. The predicted octanol–water partition coefficient (Wildman–Crippen LogP) is 4.35. The molecule has 0 aliphatic carbocycles. The average Bonchev–Trinajstić information content (AvgIpc) is 2.83. The fourth-order valence-corrected chi connectivity index (χ4v) is 3.28. The normalized spacial score (nSPS) is 11.2. The van der Waals surface area contributed by atoms with E-state index in [4.69, 9.17) is 0 Å². The molecule has 0 radical (unpaired) electrons. The standard InChI is InChI=1S/C25H20N4O3/c1-16(18-7-4-9-20(14-18)27-24(31)19-8-5-13-26-15-19)28-29-25(32)23-21-10-3-2-6-17(21)11-12-22(23)30/h2-15,30H,1H3,(H,27,31)(H,29,32)/b28-16+. The molecule has 0 aliphatic heterocycles. The maximum Gasteiger partial charge on any atom is 0.275 e. The van der Waals surface area contributed by atoms with Crippen molar-refractivity contribution in [1.29, 1.82) is 0 Å². The number of hydrazone groups is 1. The van der Waals surface area contributed by atoms with Crippen LogP contribution >= 0.6 is 0 Å². The van der Waals surface area contributed by atoms with Gasteiger partial charge >= 0.3 is 0 Å². The minimum atomic E-state index is -0.514. The number of aromatic nitrogens is 1. The molecule has 0 atom stereocenters. The van der Waals surface area contributed by atoms with Crippen LogP contribution in [0, 0.1) is 0 Å². The van der Waals surface area contributed by atoms with Gasteiger partial charge in [0, 0.05) is 18.1 Å². The highest BCUT2D eigenvalue weighted by Crippen LogP contribution is 2.27. The third-order valence-corrected chi connectivity index (χ3v) is 4.92. The molecule has 0 aliphatic rings. The molecule has 0 fully saturated rings. The van der Waals surface area contributed by atoms with E-state index in [0.717, 1.165) is 10.9 Å². The number of pyridine rings is 1. The largest absolute Gasteiger partial charge is 0.507 e. The summed E-state index contributed by atoms with van der Waals surface area (Å²) in [6, 6.07) is 21.0. The van der Waals surface area contributed by atoms with Gasteiger partial charge in [-0.1, -0.05) is 42.5 Å². The predicted molar refractivity (Wildman–Crippen MR) is 124 cm³/mol. The lowest BCUT2D eigenvalue weighted by Crippen LogP contribution is -2.20. The van der Waals surface area contributed by atoms with Crippen LogP contribution in [-0.4, -0.2) is 27.6 Å². The van der Waals surface area contributed by atoms with Gasteiger partial charge < -0.3 is 10.4 Å². The van der Waals surface area contributed by atoms with Gasteiger partial charge in [0.2, 0.25) is 0 Å². The van der Waals surface area contributed by atoms with Crippen molar-refractivity contribution in [2.45, 2.75) is 6.92 Å². The van der Waals surface area contributed by atoms with Crippen LogP contribution in [-0.2, 0) is 0 Å². The smallest absolute Gasteiger partial charge is 0.275 e. The fourth-order valence-electron chi connectivity index (χ4n) is 3.28. The molecule has 0 bridgehead atoms. The van der Waals surface area contributed by atoms with E-state index in [1.807, 2.05) is 18.2 Å². The van der Waals surface area contributed by atoms with Crippen LogP contribution in [0.2, 0.25) is 0 Å². The summed E-state index contributed by atoms with van der Waals surface area (Å²) in [4.78, 5) is 29.0. The second kappa shape index (κ2) is 9.09. The second-order valence-corrected chi connectivity index (χ2v) is 7.10. The number of nitrogens with one attached hydrogen (secondary N) is 2. The molecule has 7 nitrogen and oxygen atoms in total. The topological polar surface area (TPSA) is 104 Å². The Labute approximate surface area is 184 Å². The number of hydrogen-bond acceptors (Lipinski definition) is 5. The summed E-state index contributed by atoms with van der Waals surface area (Å²) in [5.74, 6) is -0.904. The molecule has 4 aromatic rings. The zero-order valence-electron chi connectivity index (χ0n) is 17.2. The molecule has 0 saturated carbocycles. The quantitative estimate of drug-likeness (QED) is 0.327. The number of phenols is 1. The Morgan fingerprint density at radius 2 is 1.72 bits per heavy atom. The van der Waals surface area contributed by atoms with Gasteiger partial charge in [0.05, 0.1) is 16.8 Å². The number of nitrogens with zero attached hydrogens (tertiary/aromatic N) is 2. The summed E-state index contributed by atoms with van der Waals surface area (Å²) in [5.41, 5.74) is 4.97. The Morgan fingerprint density at radius 3 is 2.53 bits per heavy atom. The molecule has 7 heteroatoms. The SMILES string of the molecule is C/C(=N\NC(=O)c1c(O)ccc2ccccc12)c1cccc(NC(=O)c2cccnc2)c1. The number of hydrogen-bond donors (Lipinski definition) is 3. The molecule has 158 valence electrons. The van der Waals surface area contributed by atoms with Crippen LogP contribution in [0.1, 0.15) is 33.2 Å². The van der Waals surface area contributed by atoms with Gasteiger partial charge in [0.25, 0.3) is 11.8 Å². The molecule has 4 rings (SSSR count). The lowest BCUT2D eigenvalue weighted by molar-refractivity contribution is 0.0953. The Balaban J connectivity index is 1.52. The van der Waals surface area contributed by atoms with E-state index >= 15 is 0 Å². The first-order chi connectivity index (χ1) is 15.5. The van der Waals surface area contributed by atoms with Gasteiger partial charge in [0.1, 0.15) is 5.75 Å². The first-order valence-electron chi connectivity index (χ1n) is 9.90. The highest BCUT2D eigenvalue weighted by molar-refractivity contribution is 6.10. The van der Waals surface area contributed by atoms with Crippen molar-refractivity contribution in [1.82, 2.24) is 10.4 Å². The van der Waals surface area contributed by atoms with Crippen molar-refractivity contribution in [2.75, 3.05) is 5.32 Å². The number of amides is 2. The maximum atomic E-state index is 12.7. The summed E-state index contributed by atoms with van der Waals surface area (Å²) >= 11 is 0. The van der Waals surface area contributed by atoms with Gasteiger partial charge in [0.15, 0.2) is 0 Å². The van der Waals surface area contributed by atoms with Crippen molar-refractivity contribution in [3.05, 3.63) is 102 Å². The summed E-state index contributed by atoms with van der Waals surface area (Å²) in [7, 11) is 0. The molecule has 0 saturated heterocycles. The van der Waals surface area contributed by atoms with Crippen molar-refractivity contribution in [3.8, 4) is 5.75 Å². The van der Waals surface area contributed by atoms with Gasteiger partial charge in [-0.2, -0.15) is 5.10 Å². The summed E-state index contributed by atoms with van der Waals surface area (Å²) in [6.07, 6.45) is 3.09. The van der Waals surface area contributed by atoms with Crippen molar-refractivity contribution in [2.24, 2.45) is 5.10 Å². The van der Waals surface area contributed by atoms with Crippen LogP contribution in [0.15, 0.2) is 90.3 Å². The zero-order valence-corrected chi connectivity index (χ0v) is 17.2. The molecule has 3 aromatic carbocycles. The number of anilines is 1. The summed E-state index contributed by atoms with van der Waals surface area (Å²) < 4.78 is 0. The molecule has 32 heavy (non-hydrogen) atoms. The Hall–Kier alpha value is -4.52. The van der Waals surface area contributed by atoms with Crippen LogP contribution in [0.5, 0.6) is 5.75 Å². The van der Waals surface area contributed by atoms with E-state index in [-0.39, 0.29) is 17.2 Å². The number of aromatic hydroxyl groups is 1. The molecule has 3 N–H and O–H groups in total. The number of benzene rings is 3. The number of phenolic OH excluding ortho intramolecular Hbond substituents is 1. The number of rotatable bonds is 5. The first-order valence-corrected chi connectivity index (χ1v) is 9.90. The van der Waals surface area contributed by atoms with Crippen LogP contribution < -0.4 is 10.7 Å². The fraction of sp³-hybridized carbons (Fsp3) is 0.0400. The first kappa shape index (κ1) is 20.7. The third kappa shape index (κ3) is 4.46. The Bertz CT molecular complexity index is 1330. The van der Waals surface area contributed by atoms with E-state index < -0.39 is 5.91 Å². The van der Waals surface area contributed by atoms with Gasteiger partial charge in [-0.15, -0.1) is 0 Å². The monoisotopic (exact) mass is 424 g/mol. The van der Waals surface area contributed by atoms with E-state index in [1.54, 1.807) is 61.7 Å². The molecule has 2 amide bonds. The Morgan fingerprint density at radius 1 is 0.906 bits per heavy atom. The highest BCUT2D eigenvalue weighted by Gasteiger charge is 2.15. The maximum absolute atomic E-state index is 12.7. The molecule has 0 unspecified atom stereocenters. The lowest BCUT2D eigenvalue weighted by atomic mass is 10.0. The molecule has 1 heterocycles. The lowest BCUT2D eigenvalue weighted by Gasteiger charge is -2.09. The summed E-state index contributed by atoms with van der Waals surface area (Å²) in [6.45, 7) is 1.74. The average molecular weight is 424 g/mol. The number of carbonyl (C=O) groups is 2. The van der Waals surface area contributed by atoms with Crippen LogP contribution in [0.4, 0.5) is 5.69 Å².